The van der Waals surface area contributed by atoms with E-state index in [9.17, 15) is 14.4 Å². The van der Waals surface area contributed by atoms with Crippen LogP contribution in [0, 0.1) is 0 Å². The van der Waals surface area contributed by atoms with Crippen LogP contribution < -0.4 is 10.2 Å². The van der Waals surface area contributed by atoms with E-state index in [-0.39, 0.29) is 37.1 Å². The number of nitrogens with zero attached hydrogens (tertiary/aromatic N) is 3. The number of anilines is 2. The first-order valence-electron chi connectivity index (χ1n) is 8.36. The molecule has 0 saturated heterocycles. The summed E-state index contributed by atoms with van der Waals surface area (Å²) in [6, 6.07) is 10.8. The molecule has 0 unspecified atom stereocenters. The Morgan fingerprint density at radius 3 is 2.77 bits per heavy atom. The van der Waals surface area contributed by atoms with Crippen LogP contribution in [-0.2, 0) is 20.9 Å². The molecule has 0 bridgehead atoms. The van der Waals surface area contributed by atoms with Crippen molar-refractivity contribution in [2.75, 3.05) is 23.8 Å². The lowest BCUT2D eigenvalue weighted by atomic mass is 10.1. The van der Waals surface area contributed by atoms with E-state index in [0.717, 1.165) is 5.56 Å². The van der Waals surface area contributed by atoms with Gasteiger partial charge in [0.15, 0.2) is 0 Å². The van der Waals surface area contributed by atoms with Crippen molar-refractivity contribution in [1.82, 2.24) is 9.88 Å². The molecule has 1 N–H and O–H groups in total. The number of carbonyl (C=O) groups excluding carboxylic acids is 3. The topological polar surface area (TPSA) is 82.6 Å². The molecule has 0 saturated carbocycles. The van der Waals surface area contributed by atoms with Crippen LogP contribution in [0.5, 0.6) is 0 Å². The van der Waals surface area contributed by atoms with Crippen molar-refractivity contribution in [3.05, 3.63) is 54.4 Å². The number of aromatic nitrogens is 1. The highest BCUT2D eigenvalue weighted by molar-refractivity contribution is 6.10. The molecular formula is C19H20N4O3. The number of carbonyl (C=O) groups is 3. The minimum absolute atomic E-state index is 0.0322. The average Bonchev–Trinajstić information content (AvgIpc) is 2.65. The molecule has 2 heterocycles. The maximum absolute atomic E-state index is 12.6. The summed E-state index contributed by atoms with van der Waals surface area (Å²) in [7, 11) is 1.70. The molecule has 1 aliphatic rings. The monoisotopic (exact) mass is 352 g/mol. The number of fused-ring (bicyclic) bond motifs is 1. The third-order valence-corrected chi connectivity index (χ3v) is 4.19. The molecule has 0 atom stereocenters. The second-order valence-electron chi connectivity index (χ2n) is 6.16. The first kappa shape index (κ1) is 17.6. The van der Waals surface area contributed by atoms with Crippen molar-refractivity contribution in [2.45, 2.75) is 19.4 Å². The summed E-state index contributed by atoms with van der Waals surface area (Å²) in [4.78, 5) is 43.7. The highest BCUT2D eigenvalue weighted by Crippen LogP contribution is 2.29. The Balaban J connectivity index is 1.58. The quantitative estimate of drug-likeness (QED) is 0.890. The molecule has 7 nitrogen and oxygen atoms in total. The Kier molecular flexibility index (Phi) is 5.26. The van der Waals surface area contributed by atoms with Crippen molar-refractivity contribution in [3.8, 4) is 0 Å². The minimum Gasteiger partial charge on any atom is -0.341 e. The molecule has 2 aromatic rings. The molecule has 1 aliphatic heterocycles. The van der Waals surface area contributed by atoms with Crippen molar-refractivity contribution in [1.29, 1.82) is 0 Å². The van der Waals surface area contributed by atoms with Gasteiger partial charge in [0.25, 0.3) is 0 Å². The van der Waals surface area contributed by atoms with E-state index in [4.69, 9.17) is 0 Å². The Hall–Kier alpha value is -3.22. The van der Waals surface area contributed by atoms with E-state index >= 15 is 0 Å². The molecule has 26 heavy (non-hydrogen) atoms. The van der Waals surface area contributed by atoms with Gasteiger partial charge in [-0.2, -0.15) is 0 Å². The SMILES string of the molecule is CN(Cc1cccnc1)C(=O)CCC(=O)N1CC(=O)Nc2ccccc21. The molecule has 3 amide bonds. The zero-order chi connectivity index (χ0) is 18.5. The summed E-state index contributed by atoms with van der Waals surface area (Å²) >= 11 is 0. The van der Waals surface area contributed by atoms with Gasteiger partial charge in [0.05, 0.1) is 11.4 Å². The maximum Gasteiger partial charge on any atom is 0.244 e. The zero-order valence-electron chi connectivity index (χ0n) is 14.5. The molecule has 0 radical (unpaired) electrons. The number of rotatable bonds is 5. The summed E-state index contributed by atoms with van der Waals surface area (Å²) in [5.74, 6) is -0.607. The zero-order valence-corrected chi connectivity index (χ0v) is 14.5. The van der Waals surface area contributed by atoms with Gasteiger partial charge >= 0.3 is 0 Å². The predicted octanol–water partition coefficient (Wildman–Crippen LogP) is 1.81. The van der Waals surface area contributed by atoms with Crippen LogP contribution in [0.25, 0.3) is 0 Å². The largest absolute Gasteiger partial charge is 0.341 e. The van der Waals surface area contributed by atoms with Gasteiger partial charge in [-0.15, -0.1) is 0 Å². The molecule has 1 aromatic heterocycles. The van der Waals surface area contributed by atoms with Gasteiger partial charge in [-0.3, -0.25) is 19.4 Å². The van der Waals surface area contributed by atoms with Crippen LogP contribution in [0.2, 0.25) is 0 Å². The first-order valence-corrected chi connectivity index (χ1v) is 8.36. The first-order chi connectivity index (χ1) is 12.5. The Labute approximate surface area is 151 Å². The Bertz CT molecular complexity index is 823. The summed E-state index contributed by atoms with van der Waals surface area (Å²) in [5.41, 5.74) is 2.20. The second-order valence-corrected chi connectivity index (χ2v) is 6.16. The van der Waals surface area contributed by atoms with Crippen LogP contribution >= 0.6 is 0 Å². The number of pyridine rings is 1. The number of hydrogen-bond donors (Lipinski definition) is 1. The number of para-hydroxylation sites is 2. The fourth-order valence-electron chi connectivity index (χ4n) is 2.85. The van der Waals surface area contributed by atoms with Gasteiger partial charge in [-0.05, 0) is 23.8 Å². The highest BCUT2D eigenvalue weighted by Gasteiger charge is 2.26. The number of hydrogen-bond acceptors (Lipinski definition) is 4. The van der Waals surface area contributed by atoms with Gasteiger partial charge in [0.2, 0.25) is 17.7 Å². The minimum atomic E-state index is -0.240. The van der Waals surface area contributed by atoms with Crippen LogP contribution in [0.1, 0.15) is 18.4 Å². The van der Waals surface area contributed by atoms with Gasteiger partial charge < -0.3 is 15.1 Å². The van der Waals surface area contributed by atoms with E-state index in [0.29, 0.717) is 17.9 Å². The van der Waals surface area contributed by atoms with Gasteiger partial charge in [0.1, 0.15) is 6.54 Å². The van der Waals surface area contributed by atoms with E-state index in [1.54, 1.807) is 42.5 Å². The molecule has 134 valence electrons. The summed E-state index contributed by atoms with van der Waals surface area (Å²) in [6.45, 7) is 0.408. The summed E-state index contributed by atoms with van der Waals surface area (Å²) in [5, 5.41) is 2.74. The van der Waals surface area contributed by atoms with E-state index in [2.05, 4.69) is 10.3 Å². The lowest BCUT2D eigenvalue weighted by Gasteiger charge is -2.29. The summed E-state index contributed by atoms with van der Waals surface area (Å²) < 4.78 is 0. The Morgan fingerprint density at radius 1 is 1.19 bits per heavy atom. The Morgan fingerprint density at radius 2 is 2.00 bits per heavy atom. The number of benzene rings is 1. The highest BCUT2D eigenvalue weighted by atomic mass is 16.2. The predicted molar refractivity (Wildman–Crippen MR) is 97.4 cm³/mol. The molecule has 7 heteroatoms. The number of nitrogens with one attached hydrogen (secondary N) is 1. The third-order valence-electron chi connectivity index (χ3n) is 4.19. The van der Waals surface area contributed by atoms with E-state index < -0.39 is 0 Å². The van der Waals surface area contributed by atoms with Gasteiger partial charge in [-0.25, -0.2) is 0 Å². The van der Waals surface area contributed by atoms with Crippen molar-refractivity contribution in [3.63, 3.8) is 0 Å². The standard InChI is InChI=1S/C19H20N4O3/c1-22(12-14-5-4-10-20-11-14)18(25)8-9-19(26)23-13-17(24)21-15-6-2-3-7-16(15)23/h2-7,10-11H,8-9,12-13H2,1H3,(H,21,24). The lowest BCUT2D eigenvalue weighted by Crippen LogP contribution is -2.42. The smallest absolute Gasteiger partial charge is 0.244 e. The molecule has 0 fully saturated rings. The lowest BCUT2D eigenvalue weighted by molar-refractivity contribution is -0.132. The van der Waals surface area contributed by atoms with E-state index in [1.807, 2.05) is 18.2 Å². The molecule has 3 rings (SSSR count). The van der Waals surface area contributed by atoms with Crippen LogP contribution in [-0.4, -0.2) is 41.2 Å². The van der Waals surface area contributed by atoms with Crippen LogP contribution in [0.15, 0.2) is 48.8 Å². The maximum atomic E-state index is 12.6. The molecule has 0 aliphatic carbocycles. The molecular weight excluding hydrogens is 332 g/mol. The number of amides is 3. The van der Waals surface area contributed by atoms with Crippen molar-refractivity contribution in [2.24, 2.45) is 0 Å². The van der Waals surface area contributed by atoms with Gasteiger partial charge in [-0.1, -0.05) is 18.2 Å². The van der Waals surface area contributed by atoms with Crippen molar-refractivity contribution < 1.29 is 14.4 Å². The third kappa shape index (κ3) is 4.05. The molecule has 1 aromatic carbocycles. The van der Waals surface area contributed by atoms with Crippen molar-refractivity contribution >= 4 is 29.1 Å². The fourth-order valence-corrected chi connectivity index (χ4v) is 2.85. The fraction of sp³-hybridized carbons (Fsp3) is 0.263. The van der Waals surface area contributed by atoms with E-state index in [1.165, 1.54) is 4.90 Å². The summed E-state index contributed by atoms with van der Waals surface area (Å²) in [6.07, 6.45) is 3.53. The van der Waals surface area contributed by atoms with Crippen LogP contribution in [0.3, 0.4) is 0 Å². The normalized spacial score (nSPS) is 13.0. The second kappa shape index (κ2) is 7.77. The molecule has 0 spiro atoms. The van der Waals surface area contributed by atoms with Crippen LogP contribution in [0.4, 0.5) is 11.4 Å². The van der Waals surface area contributed by atoms with Gasteiger partial charge in [0, 0.05) is 38.8 Å². The average molecular weight is 352 g/mol.